The lowest BCUT2D eigenvalue weighted by Gasteiger charge is -2.19. The highest BCUT2D eigenvalue weighted by atomic mass is 19.4. The van der Waals surface area contributed by atoms with Crippen molar-refractivity contribution in [3.8, 4) is 0 Å². The maximum Gasteiger partial charge on any atom is 0.416 e. The molecule has 6 heteroatoms. The maximum absolute atomic E-state index is 12.8. The monoisotopic (exact) mass is 281 g/mol. The largest absolute Gasteiger partial charge is 0.416 e. The summed E-state index contributed by atoms with van der Waals surface area (Å²) >= 11 is 0. The molecule has 0 fully saturated rings. The summed E-state index contributed by atoms with van der Waals surface area (Å²) in [6, 6.07) is 6.58. The Bertz CT molecular complexity index is 555. The van der Waals surface area contributed by atoms with Gasteiger partial charge in [-0.2, -0.15) is 13.2 Å². The van der Waals surface area contributed by atoms with Gasteiger partial charge in [0.15, 0.2) is 0 Å². The van der Waals surface area contributed by atoms with Gasteiger partial charge in [0.25, 0.3) is 0 Å². The Hall–Kier alpha value is -1.95. The molecular weight excluding hydrogens is 267 g/mol. The van der Waals surface area contributed by atoms with Gasteiger partial charge in [0.1, 0.15) is 6.33 Å². The molecule has 1 aromatic heterocycles. The van der Waals surface area contributed by atoms with Gasteiger partial charge in [-0.05, 0) is 30.3 Å². The van der Waals surface area contributed by atoms with Crippen LogP contribution in [0.1, 0.15) is 29.8 Å². The summed E-state index contributed by atoms with van der Waals surface area (Å²) in [5.74, 6) is 0. The van der Waals surface area contributed by atoms with Gasteiger partial charge in [-0.25, -0.2) is 9.97 Å². The highest BCUT2D eigenvalue weighted by Crippen LogP contribution is 2.31. The first kappa shape index (κ1) is 14.5. The lowest BCUT2D eigenvalue weighted by atomic mass is 10.0. The second kappa shape index (κ2) is 6.00. The predicted octanol–water partition coefficient (Wildman–Crippen LogP) is 3.19. The van der Waals surface area contributed by atoms with E-state index in [2.05, 4.69) is 15.3 Å². The van der Waals surface area contributed by atoms with Crippen molar-refractivity contribution >= 4 is 0 Å². The average molecular weight is 281 g/mol. The van der Waals surface area contributed by atoms with E-state index < -0.39 is 11.7 Å². The van der Waals surface area contributed by atoms with Crippen LogP contribution in [0.4, 0.5) is 13.2 Å². The van der Waals surface area contributed by atoms with Gasteiger partial charge < -0.3 is 5.32 Å². The molecule has 0 aliphatic rings. The Morgan fingerprint density at radius 2 is 2.05 bits per heavy atom. The van der Waals surface area contributed by atoms with E-state index >= 15 is 0 Å². The third kappa shape index (κ3) is 3.33. The molecule has 20 heavy (non-hydrogen) atoms. The van der Waals surface area contributed by atoms with E-state index in [0.717, 1.165) is 12.1 Å². The van der Waals surface area contributed by atoms with Gasteiger partial charge in [-0.3, -0.25) is 0 Å². The van der Waals surface area contributed by atoms with Crippen LogP contribution in [0.3, 0.4) is 0 Å². The minimum absolute atomic E-state index is 0.384. The van der Waals surface area contributed by atoms with Crippen LogP contribution in [0.25, 0.3) is 0 Å². The average Bonchev–Trinajstić information content (AvgIpc) is 2.45. The van der Waals surface area contributed by atoms with Crippen molar-refractivity contribution in [1.29, 1.82) is 0 Å². The smallest absolute Gasteiger partial charge is 0.305 e. The lowest BCUT2D eigenvalue weighted by Crippen LogP contribution is -2.23. The minimum atomic E-state index is -4.35. The number of aromatic nitrogens is 2. The highest BCUT2D eigenvalue weighted by molar-refractivity contribution is 5.32. The molecule has 0 bridgehead atoms. The van der Waals surface area contributed by atoms with Crippen LogP contribution < -0.4 is 5.32 Å². The van der Waals surface area contributed by atoms with Crippen LogP contribution in [-0.4, -0.2) is 16.5 Å². The molecule has 1 atom stereocenters. The third-order valence-corrected chi connectivity index (χ3v) is 2.86. The number of hydrogen-bond acceptors (Lipinski definition) is 3. The van der Waals surface area contributed by atoms with E-state index in [1.54, 1.807) is 18.3 Å². The molecule has 1 heterocycles. The Morgan fingerprint density at radius 1 is 1.25 bits per heavy atom. The molecule has 2 rings (SSSR count). The molecule has 1 aromatic carbocycles. The summed E-state index contributed by atoms with van der Waals surface area (Å²) in [5.41, 5.74) is 0.508. The van der Waals surface area contributed by atoms with Crippen LogP contribution in [0.2, 0.25) is 0 Å². The molecule has 106 valence electrons. The van der Waals surface area contributed by atoms with Gasteiger partial charge in [-0.1, -0.05) is 19.1 Å². The standard InChI is InChI=1S/C14H14F3N3/c1-2-19-13(12-6-7-18-9-20-12)10-4-3-5-11(8-10)14(15,16)17/h3-9,13,19H,2H2,1H3. The Morgan fingerprint density at radius 3 is 2.65 bits per heavy atom. The number of nitrogens with one attached hydrogen (secondary N) is 1. The van der Waals surface area contributed by atoms with Crippen molar-refractivity contribution in [2.24, 2.45) is 0 Å². The molecule has 2 aromatic rings. The van der Waals surface area contributed by atoms with E-state index in [1.165, 1.54) is 12.4 Å². The van der Waals surface area contributed by atoms with Gasteiger partial charge in [-0.15, -0.1) is 0 Å². The summed E-state index contributed by atoms with van der Waals surface area (Å²) in [7, 11) is 0. The predicted molar refractivity (Wildman–Crippen MR) is 69.0 cm³/mol. The van der Waals surface area contributed by atoms with E-state index in [4.69, 9.17) is 0 Å². The zero-order valence-corrected chi connectivity index (χ0v) is 10.9. The van der Waals surface area contributed by atoms with Crippen molar-refractivity contribution in [2.45, 2.75) is 19.1 Å². The van der Waals surface area contributed by atoms with E-state index in [-0.39, 0.29) is 6.04 Å². The number of nitrogens with zero attached hydrogens (tertiary/aromatic N) is 2. The van der Waals surface area contributed by atoms with Crippen molar-refractivity contribution < 1.29 is 13.2 Å². The normalized spacial score (nSPS) is 13.2. The third-order valence-electron chi connectivity index (χ3n) is 2.86. The zero-order chi connectivity index (χ0) is 14.6. The fourth-order valence-electron chi connectivity index (χ4n) is 1.96. The van der Waals surface area contributed by atoms with E-state index in [0.29, 0.717) is 17.8 Å². The van der Waals surface area contributed by atoms with E-state index in [9.17, 15) is 13.2 Å². The fraction of sp³-hybridized carbons (Fsp3) is 0.286. The number of rotatable bonds is 4. The zero-order valence-electron chi connectivity index (χ0n) is 10.9. The van der Waals surface area contributed by atoms with Crippen LogP contribution >= 0.6 is 0 Å². The SMILES string of the molecule is CCNC(c1cccc(C(F)(F)F)c1)c1ccncn1. The molecule has 0 saturated carbocycles. The summed E-state index contributed by atoms with van der Waals surface area (Å²) in [6.45, 7) is 2.51. The summed E-state index contributed by atoms with van der Waals surface area (Å²) < 4.78 is 38.3. The first-order valence-electron chi connectivity index (χ1n) is 6.19. The molecule has 1 N–H and O–H groups in total. The van der Waals surface area contributed by atoms with Crippen LogP contribution in [0.5, 0.6) is 0 Å². The molecule has 0 saturated heterocycles. The van der Waals surface area contributed by atoms with Crippen molar-refractivity contribution in [2.75, 3.05) is 6.54 Å². The van der Waals surface area contributed by atoms with Gasteiger partial charge in [0.2, 0.25) is 0 Å². The van der Waals surface area contributed by atoms with Crippen molar-refractivity contribution in [3.05, 3.63) is 59.7 Å². The molecule has 0 amide bonds. The van der Waals surface area contributed by atoms with Gasteiger partial charge in [0, 0.05) is 6.20 Å². The Kier molecular flexibility index (Phi) is 4.34. The molecule has 3 nitrogen and oxygen atoms in total. The Labute approximate surface area is 114 Å². The van der Waals surface area contributed by atoms with Gasteiger partial charge in [0.05, 0.1) is 17.3 Å². The van der Waals surface area contributed by atoms with E-state index in [1.807, 2.05) is 6.92 Å². The van der Waals surface area contributed by atoms with Crippen LogP contribution in [-0.2, 0) is 6.18 Å². The van der Waals surface area contributed by atoms with Gasteiger partial charge >= 0.3 is 6.18 Å². The number of benzene rings is 1. The summed E-state index contributed by atoms with van der Waals surface area (Å²) in [6.07, 6.45) is -1.40. The van der Waals surface area contributed by atoms with Crippen LogP contribution in [0.15, 0.2) is 42.9 Å². The summed E-state index contributed by atoms with van der Waals surface area (Å²) in [4.78, 5) is 7.93. The fourth-order valence-corrected chi connectivity index (χ4v) is 1.96. The lowest BCUT2D eigenvalue weighted by molar-refractivity contribution is -0.137. The molecule has 0 radical (unpaired) electrons. The molecule has 0 aliphatic carbocycles. The van der Waals surface area contributed by atoms with Crippen LogP contribution in [0, 0.1) is 0 Å². The number of alkyl halides is 3. The number of halogens is 3. The molecule has 0 spiro atoms. The topological polar surface area (TPSA) is 37.8 Å². The first-order chi connectivity index (χ1) is 9.52. The highest BCUT2D eigenvalue weighted by Gasteiger charge is 2.31. The van der Waals surface area contributed by atoms with Crippen molar-refractivity contribution in [3.63, 3.8) is 0 Å². The second-order valence-electron chi connectivity index (χ2n) is 4.25. The quantitative estimate of drug-likeness (QED) is 0.935. The minimum Gasteiger partial charge on any atom is -0.305 e. The maximum atomic E-state index is 12.8. The number of hydrogen-bond donors (Lipinski definition) is 1. The first-order valence-corrected chi connectivity index (χ1v) is 6.19. The molecular formula is C14H14F3N3. The molecule has 1 unspecified atom stereocenters. The molecule has 0 aliphatic heterocycles. The van der Waals surface area contributed by atoms with Crippen molar-refractivity contribution in [1.82, 2.24) is 15.3 Å². The Balaban J connectivity index is 2.40. The second-order valence-corrected chi connectivity index (χ2v) is 4.25. The summed E-state index contributed by atoms with van der Waals surface area (Å²) in [5, 5.41) is 3.14.